The van der Waals surface area contributed by atoms with Crippen LogP contribution in [0.1, 0.15) is 13.3 Å². The highest BCUT2D eigenvalue weighted by Crippen LogP contribution is 2.27. The maximum Gasteiger partial charge on any atom is 0.240 e. The lowest BCUT2D eigenvalue weighted by Crippen LogP contribution is -2.25. The standard InChI is InChI=1S/C14H18ClN3O3S/c1-2-21-14-5-4-12(10-13(14)15)22(19,20)17-6-3-8-18-9-7-16-11-18/h4-5,7,9-11,17H,2-3,6,8H2,1H3. The van der Waals surface area contributed by atoms with Crippen LogP contribution in [0.3, 0.4) is 0 Å². The molecule has 0 bridgehead atoms. The summed E-state index contributed by atoms with van der Waals surface area (Å²) in [5.74, 6) is 0.475. The number of hydrogen-bond donors (Lipinski definition) is 1. The molecule has 0 saturated heterocycles. The summed E-state index contributed by atoms with van der Waals surface area (Å²) in [7, 11) is -3.57. The van der Waals surface area contributed by atoms with Crippen LogP contribution in [0.5, 0.6) is 5.75 Å². The van der Waals surface area contributed by atoms with Gasteiger partial charge in [0.25, 0.3) is 0 Å². The van der Waals surface area contributed by atoms with Gasteiger partial charge in [0.1, 0.15) is 5.75 Å². The third-order valence-electron chi connectivity index (χ3n) is 2.96. The van der Waals surface area contributed by atoms with E-state index in [0.29, 0.717) is 31.9 Å². The monoisotopic (exact) mass is 343 g/mol. The first-order chi connectivity index (χ1) is 10.5. The van der Waals surface area contributed by atoms with Crippen molar-refractivity contribution < 1.29 is 13.2 Å². The van der Waals surface area contributed by atoms with Crippen LogP contribution in [0.2, 0.25) is 5.02 Å². The normalized spacial score (nSPS) is 11.5. The van der Waals surface area contributed by atoms with Crippen LogP contribution in [0.25, 0.3) is 0 Å². The van der Waals surface area contributed by atoms with E-state index >= 15 is 0 Å². The van der Waals surface area contributed by atoms with Crippen molar-refractivity contribution in [1.29, 1.82) is 0 Å². The largest absolute Gasteiger partial charge is 0.492 e. The van der Waals surface area contributed by atoms with Crippen LogP contribution in [-0.2, 0) is 16.6 Å². The van der Waals surface area contributed by atoms with Crippen molar-refractivity contribution in [3.05, 3.63) is 41.9 Å². The second kappa shape index (κ2) is 7.62. The number of aromatic nitrogens is 2. The Bertz CT molecular complexity index is 702. The Balaban J connectivity index is 1.93. The van der Waals surface area contributed by atoms with Crippen molar-refractivity contribution in [2.75, 3.05) is 13.2 Å². The molecule has 1 aromatic carbocycles. The van der Waals surface area contributed by atoms with E-state index in [9.17, 15) is 8.42 Å². The number of ether oxygens (including phenoxy) is 1. The van der Waals surface area contributed by atoms with Gasteiger partial charge in [0.15, 0.2) is 0 Å². The molecule has 1 heterocycles. The van der Waals surface area contributed by atoms with Crippen LogP contribution in [0.15, 0.2) is 41.8 Å². The molecule has 120 valence electrons. The molecule has 0 aliphatic heterocycles. The van der Waals surface area contributed by atoms with Crippen LogP contribution in [0, 0.1) is 0 Å². The highest BCUT2D eigenvalue weighted by atomic mass is 35.5. The van der Waals surface area contributed by atoms with E-state index in [1.165, 1.54) is 12.1 Å². The fourth-order valence-electron chi connectivity index (χ4n) is 1.89. The van der Waals surface area contributed by atoms with E-state index in [2.05, 4.69) is 9.71 Å². The maximum atomic E-state index is 12.2. The fraction of sp³-hybridized carbons (Fsp3) is 0.357. The van der Waals surface area contributed by atoms with Gasteiger partial charge in [0.2, 0.25) is 10.0 Å². The SMILES string of the molecule is CCOc1ccc(S(=O)(=O)NCCCn2ccnc2)cc1Cl. The molecule has 6 nitrogen and oxygen atoms in total. The number of halogens is 1. The lowest BCUT2D eigenvalue weighted by Gasteiger charge is -2.10. The van der Waals surface area contributed by atoms with Crippen molar-refractivity contribution in [2.45, 2.75) is 24.8 Å². The van der Waals surface area contributed by atoms with Crippen molar-refractivity contribution >= 4 is 21.6 Å². The van der Waals surface area contributed by atoms with E-state index in [4.69, 9.17) is 16.3 Å². The maximum absolute atomic E-state index is 12.2. The van der Waals surface area contributed by atoms with Gasteiger partial charge in [0.05, 0.1) is 22.9 Å². The molecular formula is C14H18ClN3O3S. The van der Waals surface area contributed by atoms with E-state index in [1.54, 1.807) is 18.6 Å². The minimum atomic E-state index is -3.57. The van der Waals surface area contributed by atoms with E-state index < -0.39 is 10.0 Å². The Labute approximate surface area is 135 Å². The Morgan fingerprint density at radius 1 is 1.41 bits per heavy atom. The van der Waals surface area contributed by atoms with Crippen molar-refractivity contribution in [1.82, 2.24) is 14.3 Å². The van der Waals surface area contributed by atoms with Crippen LogP contribution in [0.4, 0.5) is 0 Å². The van der Waals surface area contributed by atoms with Crippen molar-refractivity contribution in [2.24, 2.45) is 0 Å². The molecular weight excluding hydrogens is 326 g/mol. The molecule has 0 atom stereocenters. The summed E-state index contributed by atoms with van der Waals surface area (Å²) in [5, 5.41) is 0.281. The van der Waals surface area contributed by atoms with Gasteiger partial charge in [-0.3, -0.25) is 0 Å². The summed E-state index contributed by atoms with van der Waals surface area (Å²) in [6.07, 6.45) is 5.88. The van der Waals surface area contributed by atoms with Gasteiger partial charge in [-0.05, 0) is 31.5 Å². The van der Waals surface area contributed by atoms with Gasteiger partial charge < -0.3 is 9.30 Å². The number of benzene rings is 1. The van der Waals surface area contributed by atoms with Gasteiger partial charge in [-0.25, -0.2) is 18.1 Å². The smallest absolute Gasteiger partial charge is 0.240 e. The Morgan fingerprint density at radius 2 is 2.23 bits per heavy atom. The van der Waals surface area contributed by atoms with Gasteiger partial charge in [-0.2, -0.15) is 0 Å². The van der Waals surface area contributed by atoms with Crippen molar-refractivity contribution in [3.8, 4) is 5.75 Å². The highest BCUT2D eigenvalue weighted by Gasteiger charge is 2.15. The number of sulfonamides is 1. The summed E-state index contributed by atoms with van der Waals surface area (Å²) in [5.41, 5.74) is 0. The molecule has 1 aromatic heterocycles. The van der Waals surface area contributed by atoms with Crippen LogP contribution in [-0.4, -0.2) is 31.1 Å². The van der Waals surface area contributed by atoms with Gasteiger partial charge >= 0.3 is 0 Å². The minimum absolute atomic E-state index is 0.128. The Hall–Kier alpha value is -1.57. The lowest BCUT2D eigenvalue weighted by molar-refractivity contribution is 0.340. The second-order valence-corrected chi connectivity index (χ2v) is 6.75. The molecule has 0 fully saturated rings. The molecule has 0 saturated carbocycles. The number of aryl methyl sites for hydroxylation is 1. The number of rotatable bonds is 8. The summed E-state index contributed by atoms with van der Waals surface area (Å²) < 4.78 is 34.1. The first-order valence-corrected chi connectivity index (χ1v) is 8.77. The molecule has 0 unspecified atom stereocenters. The summed E-state index contributed by atoms with van der Waals surface area (Å²) >= 11 is 6.02. The molecule has 0 aliphatic rings. The first kappa shape index (κ1) is 16.8. The number of nitrogens with zero attached hydrogens (tertiary/aromatic N) is 2. The predicted molar refractivity (Wildman–Crippen MR) is 84.7 cm³/mol. The van der Waals surface area contributed by atoms with E-state index in [0.717, 1.165) is 0 Å². The van der Waals surface area contributed by atoms with Crippen LogP contribution < -0.4 is 9.46 Å². The van der Waals surface area contributed by atoms with E-state index in [-0.39, 0.29) is 9.92 Å². The molecule has 0 amide bonds. The summed E-state index contributed by atoms with van der Waals surface area (Å²) in [4.78, 5) is 4.06. The highest BCUT2D eigenvalue weighted by molar-refractivity contribution is 7.89. The zero-order valence-electron chi connectivity index (χ0n) is 12.2. The average Bonchev–Trinajstić information content (AvgIpc) is 2.99. The summed E-state index contributed by atoms with van der Waals surface area (Å²) in [6.45, 7) is 3.35. The lowest BCUT2D eigenvalue weighted by atomic mass is 10.3. The molecule has 0 spiro atoms. The fourth-order valence-corrected chi connectivity index (χ4v) is 3.29. The van der Waals surface area contributed by atoms with Gasteiger partial charge in [0, 0.05) is 25.5 Å². The predicted octanol–water partition coefficient (Wildman–Crippen LogP) is 2.30. The number of hydrogen-bond acceptors (Lipinski definition) is 4. The topological polar surface area (TPSA) is 73.2 Å². The Morgan fingerprint density at radius 3 is 2.86 bits per heavy atom. The molecule has 8 heteroatoms. The zero-order valence-corrected chi connectivity index (χ0v) is 13.8. The number of imidazole rings is 1. The molecule has 0 radical (unpaired) electrons. The van der Waals surface area contributed by atoms with Gasteiger partial charge in [-0.1, -0.05) is 11.6 Å². The molecule has 0 aliphatic carbocycles. The van der Waals surface area contributed by atoms with Crippen molar-refractivity contribution in [3.63, 3.8) is 0 Å². The molecule has 1 N–H and O–H groups in total. The zero-order chi connectivity index (χ0) is 16.0. The third-order valence-corrected chi connectivity index (χ3v) is 4.71. The Kier molecular flexibility index (Phi) is 5.82. The molecule has 22 heavy (non-hydrogen) atoms. The third kappa shape index (κ3) is 4.46. The van der Waals surface area contributed by atoms with Gasteiger partial charge in [-0.15, -0.1) is 0 Å². The number of nitrogens with one attached hydrogen (secondary N) is 1. The average molecular weight is 344 g/mol. The second-order valence-electron chi connectivity index (χ2n) is 4.58. The first-order valence-electron chi connectivity index (χ1n) is 6.90. The molecule has 2 aromatic rings. The van der Waals surface area contributed by atoms with Crippen LogP contribution >= 0.6 is 11.6 Å². The van der Waals surface area contributed by atoms with E-state index in [1.807, 2.05) is 17.7 Å². The summed E-state index contributed by atoms with van der Waals surface area (Å²) in [6, 6.07) is 4.44. The quantitative estimate of drug-likeness (QED) is 0.746. The minimum Gasteiger partial charge on any atom is -0.492 e. The molecule has 2 rings (SSSR count).